The summed E-state index contributed by atoms with van der Waals surface area (Å²) in [6.45, 7) is -0.393. The van der Waals surface area contributed by atoms with Crippen LogP contribution < -0.4 is 15.1 Å². The van der Waals surface area contributed by atoms with Gasteiger partial charge in [0.25, 0.3) is 0 Å². The second-order valence-electron chi connectivity index (χ2n) is 6.22. The zero-order valence-electron chi connectivity index (χ0n) is 15.1. The van der Waals surface area contributed by atoms with Crippen LogP contribution in [0.2, 0.25) is 0 Å². The summed E-state index contributed by atoms with van der Waals surface area (Å²) in [5.74, 6) is -0.706. The number of hydrogen-bond acceptors (Lipinski definition) is 5. The molecule has 0 N–H and O–H groups in total. The first kappa shape index (κ1) is 18.4. The molecule has 6 heteroatoms. The van der Waals surface area contributed by atoms with Crippen molar-refractivity contribution in [1.29, 1.82) is 0 Å². The van der Waals surface area contributed by atoms with Gasteiger partial charge in [0.15, 0.2) is 6.61 Å². The van der Waals surface area contributed by atoms with E-state index in [4.69, 9.17) is 13.9 Å². The predicted octanol–water partition coefficient (Wildman–Crippen LogP) is 4.58. The smallest absolute Gasteiger partial charge is 0.349 e. The molecule has 0 amide bonds. The quantitative estimate of drug-likeness (QED) is 0.283. The molecule has 0 unspecified atom stereocenters. The zero-order chi connectivity index (χ0) is 20.2. The molecule has 0 saturated heterocycles. The van der Waals surface area contributed by atoms with Gasteiger partial charge < -0.3 is 13.9 Å². The van der Waals surface area contributed by atoms with Gasteiger partial charge >= 0.3 is 11.6 Å². The maximum atomic E-state index is 13.1. The van der Waals surface area contributed by atoms with E-state index >= 15 is 0 Å². The maximum Gasteiger partial charge on any atom is 0.349 e. The van der Waals surface area contributed by atoms with Crippen LogP contribution in [0.1, 0.15) is 0 Å². The van der Waals surface area contributed by atoms with Crippen LogP contribution in [0.15, 0.2) is 88.1 Å². The van der Waals surface area contributed by atoms with Crippen LogP contribution in [0.4, 0.5) is 4.39 Å². The summed E-state index contributed by atoms with van der Waals surface area (Å²) in [6, 6.07) is 21.1. The van der Waals surface area contributed by atoms with Crippen LogP contribution in [0.3, 0.4) is 0 Å². The fourth-order valence-electron chi connectivity index (χ4n) is 2.92. The Hall–Kier alpha value is -3.93. The lowest BCUT2D eigenvalue weighted by Crippen LogP contribution is -2.17. The predicted molar refractivity (Wildman–Crippen MR) is 105 cm³/mol. The average Bonchev–Trinajstić information content (AvgIpc) is 2.72. The van der Waals surface area contributed by atoms with Crippen LogP contribution in [0.25, 0.3) is 22.1 Å². The fourth-order valence-corrected chi connectivity index (χ4v) is 2.92. The molecule has 0 fully saturated rings. The fraction of sp³-hybridized carbons (Fsp3) is 0.0435. The summed E-state index contributed by atoms with van der Waals surface area (Å²) in [7, 11) is 0. The first-order chi connectivity index (χ1) is 14.1. The minimum Gasteiger partial charge on any atom is -0.482 e. The largest absolute Gasteiger partial charge is 0.482 e. The normalized spacial score (nSPS) is 10.7. The molecule has 1 aromatic heterocycles. The Labute approximate surface area is 164 Å². The molecule has 1 heterocycles. The Kier molecular flexibility index (Phi) is 5.07. The van der Waals surface area contributed by atoms with Crippen molar-refractivity contribution < 1.29 is 23.1 Å². The maximum absolute atomic E-state index is 13.1. The number of esters is 1. The number of hydrogen-bond donors (Lipinski definition) is 0. The second-order valence-corrected chi connectivity index (χ2v) is 6.22. The SMILES string of the molecule is O=C(COc1cccc(F)c1)Oc1ccc2c(-c3ccccc3)cc(=O)oc2c1. The first-order valence-electron chi connectivity index (χ1n) is 8.81. The number of ether oxygens (including phenoxy) is 2. The Morgan fingerprint density at radius 3 is 2.52 bits per heavy atom. The Balaban J connectivity index is 1.54. The number of benzene rings is 3. The number of rotatable bonds is 5. The van der Waals surface area contributed by atoms with E-state index in [2.05, 4.69) is 0 Å². The molecule has 29 heavy (non-hydrogen) atoms. The Morgan fingerprint density at radius 1 is 0.897 bits per heavy atom. The monoisotopic (exact) mass is 390 g/mol. The van der Waals surface area contributed by atoms with Gasteiger partial charge in [-0.3, -0.25) is 0 Å². The highest BCUT2D eigenvalue weighted by atomic mass is 19.1. The van der Waals surface area contributed by atoms with Crippen molar-refractivity contribution in [2.24, 2.45) is 0 Å². The van der Waals surface area contributed by atoms with Crippen LogP contribution in [0, 0.1) is 5.82 Å². The van der Waals surface area contributed by atoms with Crippen LogP contribution in [0.5, 0.6) is 11.5 Å². The van der Waals surface area contributed by atoms with Crippen molar-refractivity contribution in [3.8, 4) is 22.6 Å². The summed E-state index contributed by atoms with van der Waals surface area (Å²) in [5, 5.41) is 0.714. The number of carbonyl (C=O) groups is 1. The molecule has 144 valence electrons. The van der Waals surface area contributed by atoms with Gasteiger partial charge in [0.1, 0.15) is 22.9 Å². The third-order valence-electron chi connectivity index (χ3n) is 4.19. The molecule has 0 aliphatic heterocycles. The highest BCUT2D eigenvalue weighted by Gasteiger charge is 2.11. The molecule has 0 bridgehead atoms. The van der Waals surface area contributed by atoms with Gasteiger partial charge in [-0.25, -0.2) is 14.0 Å². The molecule has 0 saturated carbocycles. The summed E-state index contributed by atoms with van der Waals surface area (Å²) < 4.78 is 28.9. The first-order valence-corrected chi connectivity index (χ1v) is 8.81. The lowest BCUT2D eigenvalue weighted by atomic mass is 10.0. The summed E-state index contributed by atoms with van der Waals surface area (Å²) in [5.41, 5.74) is 1.39. The van der Waals surface area contributed by atoms with Gasteiger partial charge in [-0.15, -0.1) is 0 Å². The van der Waals surface area contributed by atoms with Crippen molar-refractivity contribution >= 4 is 16.9 Å². The van der Waals surface area contributed by atoms with Crippen molar-refractivity contribution in [2.45, 2.75) is 0 Å². The van der Waals surface area contributed by atoms with E-state index in [1.165, 1.54) is 36.4 Å². The standard InChI is InChI=1S/C23H15FO5/c24-16-7-4-8-17(11-16)27-14-23(26)28-18-9-10-19-20(15-5-2-1-3-6-15)13-22(25)29-21(19)12-18/h1-13H,14H2. The van der Waals surface area contributed by atoms with E-state index in [0.717, 1.165) is 11.1 Å². The molecule has 3 aromatic carbocycles. The van der Waals surface area contributed by atoms with Crippen molar-refractivity contribution in [3.05, 3.63) is 95.1 Å². The number of fused-ring (bicyclic) bond motifs is 1. The van der Waals surface area contributed by atoms with Gasteiger partial charge in [0, 0.05) is 23.6 Å². The molecule has 0 aliphatic rings. The van der Waals surface area contributed by atoms with Gasteiger partial charge in [0.2, 0.25) is 0 Å². The van der Waals surface area contributed by atoms with Gasteiger partial charge in [-0.05, 0) is 35.4 Å². The molecule has 5 nitrogen and oxygen atoms in total. The highest BCUT2D eigenvalue weighted by Crippen LogP contribution is 2.29. The second kappa shape index (κ2) is 7.98. The molecule has 0 spiro atoms. The molecule has 0 aliphatic carbocycles. The van der Waals surface area contributed by atoms with E-state index in [-0.39, 0.29) is 11.5 Å². The third kappa shape index (κ3) is 4.32. The van der Waals surface area contributed by atoms with E-state index in [1.807, 2.05) is 30.3 Å². The van der Waals surface area contributed by atoms with Crippen molar-refractivity contribution in [1.82, 2.24) is 0 Å². The minimum atomic E-state index is -0.671. The molecular weight excluding hydrogens is 375 g/mol. The van der Waals surface area contributed by atoms with Crippen LogP contribution in [-0.4, -0.2) is 12.6 Å². The summed E-state index contributed by atoms with van der Waals surface area (Å²) in [6.07, 6.45) is 0. The highest BCUT2D eigenvalue weighted by molar-refractivity contribution is 5.94. The topological polar surface area (TPSA) is 65.7 Å². The molecular formula is C23H15FO5. The number of halogens is 1. The Bertz CT molecular complexity index is 1230. The van der Waals surface area contributed by atoms with Gasteiger partial charge in [-0.2, -0.15) is 0 Å². The van der Waals surface area contributed by atoms with Crippen molar-refractivity contribution in [2.75, 3.05) is 6.61 Å². The van der Waals surface area contributed by atoms with E-state index in [9.17, 15) is 14.0 Å². The van der Waals surface area contributed by atoms with Crippen molar-refractivity contribution in [3.63, 3.8) is 0 Å². The summed E-state index contributed by atoms with van der Waals surface area (Å²) in [4.78, 5) is 24.0. The van der Waals surface area contributed by atoms with E-state index in [0.29, 0.717) is 11.0 Å². The molecule has 0 radical (unpaired) electrons. The van der Waals surface area contributed by atoms with Gasteiger partial charge in [0.05, 0.1) is 0 Å². The number of carbonyl (C=O) groups excluding carboxylic acids is 1. The third-order valence-corrected chi connectivity index (χ3v) is 4.19. The molecule has 4 rings (SSSR count). The Morgan fingerprint density at radius 2 is 1.72 bits per heavy atom. The lowest BCUT2D eigenvalue weighted by Gasteiger charge is -2.09. The van der Waals surface area contributed by atoms with E-state index in [1.54, 1.807) is 12.1 Å². The summed E-state index contributed by atoms with van der Waals surface area (Å²) >= 11 is 0. The van der Waals surface area contributed by atoms with Gasteiger partial charge in [-0.1, -0.05) is 36.4 Å². The van der Waals surface area contributed by atoms with Crippen LogP contribution in [-0.2, 0) is 4.79 Å². The lowest BCUT2D eigenvalue weighted by molar-refractivity contribution is -0.136. The minimum absolute atomic E-state index is 0.207. The molecule has 4 aromatic rings. The zero-order valence-corrected chi connectivity index (χ0v) is 15.1. The van der Waals surface area contributed by atoms with Crippen LogP contribution >= 0.6 is 0 Å². The molecule has 0 atom stereocenters. The average molecular weight is 390 g/mol. The van der Waals surface area contributed by atoms with E-state index < -0.39 is 24.0 Å².